The molecule has 0 bridgehead atoms. The Morgan fingerprint density at radius 2 is 1.95 bits per heavy atom. The smallest absolute Gasteiger partial charge is 0.127 e. The summed E-state index contributed by atoms with van der Waals surface area (Å²) in [7, 11) is 1.95. The average molecular weight is 275 g/mol. The Morgan fingerprint density at radius 1 is 1.16 bits per heavy atom. The maximum Gasteiger partial charge on any atom is 0.127 e. The van der Waals surface area contributed by atoms with Gasteiger partial charge in [-0.2, -0.15) is 0 Å². The highest BCUT2D eigenvalue weighted by Crippen LogP contribution is 2.26. The summed E-state index contributed by atoms with van der Waals surface area (Å²) in [6.07, 6.45) is 0. The minimum absolute atomic E-state index is 0.130. The summed E-state index contributed by atoms with van der Waals surface area (Å²) < 4.78 is 13.5. The summed E-state index contributed by atoms with van der Waals surface area (Å²) in [4.78, 5) is 1.17. The van der Waals surface area contributed by atoms with Crippen LogP contribution in [0.5, 0.6) is 0 Å². The number of hydrogen-bond donors (Lipinski definition) is 1. The summed E-state index contributed by atoms with van der Waals surface area (Å²) in [5.41, 5.74) is 2.00. The molecule has 1 N–H and O–H groups in total. The standard InChI is InChI=1S/C16H18FNS/c1-12(18-2)13-7-5-8-15(10-13)19-11-14-6-3-4-9-16(14)17/h3-10,12,18H,11H2,1-2H3. The van der Waals surface area contributed by atoms with Gasteiger partial charge in [0.05, 0.1) is 0 Å². The predicted octanol–water partition coefficient (Wildman–Crippen LogP) is 4.40. The molecule has 1 unspecified atom stereocenters. The molecule has 2 aromatic carbocycles. The summed E-state index contributed by atoms with van der Waals surface area (Å²) in [6.45, 7) is 2.13. The summed E-state index contributed by atoms with van der Waals surface area (Å²) in [5.74, 6) is 0.527. The van der Waals surface area contributed by atoms with Gasteiger partial charge in [0, 0.05) is 16.7 Å². The van der Waals surface area contributed by atoms with E-state index in [9.17, 15) is 4.39 Å². The van der Waals surface area contributed by atoms with E-state index in [0.29, 0.717) is 11.8 Å². The molecule has 19 heavy (non-hydrogen) atoms. The van der Waals surface area contributed by atoms with Crippen LogP contribution in [0.4, 0.5) is 4.39 Å². The normalized spacial score (nSPS) is 12.4. The molecule has 2 rings (SSSR count). The van der Waals surface area contributed by atoms with Crippen LogP contribution < -0.4 is 5.32 Å². The van der Waals surface area contributed by atoms with E-state index >= 15 is 0 Å². The first-order valence-corrected chi connectivity index (χ1v) is 7.32. The molecule has 0 aliphatic carbocycles. The van der Waals surface area contributed by atoms with Gasteiger partial charge in [-0.05, 0) is 43.3 Å². The fourth-order valence-electron chi connectivity index (χ4n) is 1.82. The topological polar surface area (TPSA) is 12.0 Å². The molecule has 0 aromatic heterocycles. The second-order valence-electron chi connectivity index (χ2n) is 4.46. The fourth-order valence-corrected chi connectivity index (χ4v) is 2.77. The van der Waals surface area contributed by atoms with Crippen LogP contribution >= 0.6 is 11.8 Å². The van der Waals surface area contributed by atoms with Gasteiger partial charge < -0.3 is 5.32 Å². The highest BCUT2D eigenvalue weighted by Gasteiger charge is 2.05. The lowest BCUT2D eigenvalue weighted by atomic mass is 10.1. The van der Waals surface area contributed by atoms with Gasteiger partial charge in [-0.1, -0.05) is 30.3 Å². The maximum absolute atomic E-state index is 13.5. The Labute approximate surface area is 118 Å². The van der Waals surface area contributed by atoms with E-state index in [1.54, 1.807) is 17.8 Å². The fraction of sp³-hybridized carbons (Fsp3) is 0.250. The maximum atomic E-state index is 13.5. The molecule has 0 amide bonds. The SMILES string of the molecule is CNC(C)c1cccc(SCc2ccccc2F)c1. The van der Waals surface area contributed by atoms with Crippen LogP contribution in [0.2, 0.25) is 0 Å². The highest BCUT2D eigenvalue weighted by molar-refractivity contribution is 7.98. The van der Waals surface area contributed by atoms with E-state index < -0.39 is 0 Å². The molecule has 0 radical (unpaired) electrons. The number of thioether (sulfide) groups is 1. The molecule has 0 aliphatic rings. The van der Waals surface area contributed by atoms with Crippen molar-refractivity contribution in [1.29, 1.82) is 0 Å². The van der Waals surface area contributed by atoms with E-state index in [2.05, 4.69) is 30.4 Å². The van der Waals surface area contributed by atoms with Gasteiger partial charge in [0.15, 0.2) is 0 Å². The number of rotatable bonds is 5. The average Bonchev–Trinajstić information content (AvgIpc) is 2.46. The lowest BCUT2D eigenvalue weighted by Crippen LogP contribution is -2.11. The molecule has 1 nitrogen and oxygen atoms in total. The molecular weight excluding hydrogens is 257 g/mol. The van der Waals surface area contributed by atoms with E-state index in [1.807, 2.05) is 25.2 Å². The zero-order valence-corrected chi connectivity index (χ0v) is 12.0. The zero-order chi connectivity index (χ0) is 13.7. The summed E-state index contributed by atoms with van der Waals surface area (Å²) in [5, 5.41) is 3.22. The van der Waals surface area contributed by atoms with Crippen LogP contribution in [0.25, 0.3) is 0 Å². The van der Waals surface area contributed by atoms with Crippen LogP contribution in [0.15, 0.2) is 53.4 Å². The van der Waals surface area contributed by atoms with Crippen molar-refractivity contribution in [1.82, 2.24) is 5.32 Å². The Kier molecular flexibility index (Phi) is 5.00. The molecule has 0 saturated carbocycles. The number of halogens is 1. The Balaban J connectivity index is 2.06. The number of nitrogens with one attached hydrogen (secondary N) is 1. The van der Waals surface area contributed by atoms with Crippen LogP contribution in [0, 0.1) is 5.82 Å². The van der Waals surface area contributed by atoms with Gasteiger partial charge in [0.1, 0.15) is 5.82 Å². The van der Waals surface area contributed by atoms with Crippen LogP contribution in [-0.2, 0) is 5.75 Å². The lowest BCUT2D eigenvalue weighted by Gasteiger charge is -2.12. The third-order valence-electron chi connectivity index (χ3n) is 3.14. The number of hydrogen-bond acceptors (Lipinski definition) is 2. The molecule has 0 aliphatic heterocycles. The Morgan fingerprint density at radius 3 is 2.68 bits per heavy atom. The molecular formula is C16H18FNS. The first kappa shape index (κ1) is 14.1. The quantitative estimate of drug-likeness (QED) is 0.812. The second-order valence-corrected chi connectivity index (χ2v) is 5.51. The van der Waals surface area contributed by atoms with Crippen molar-refractivity contribution >= 4 is 11.8 Å². The van der Waals surface area contributed by atoms with Gasteiger partial charge in [-0.25, -0.2) is 4.39 Å². The summed E-state index contributed by atoms with van der Waals surface area (Å²) in [6, 6.07) is 15.6. The minimum atomic E-state index is -0.130. The Hall–Kier alpha value is -1.32. The molecule has 0 spiro atoms. The van der Waals surface area contributed by atoms with Gasteiger partial charge in [-0.15, -0.1) is 11.8 Å². The van der Waals surface area contributed by atoms with Crippen molar-refractivity contribution in [3.05, 3.63) is 65.5 Å². The zero-order valence-electron chi connectivity index (χ0n) is 11.2. The first-order valence-electron chi connectivity index (χ1n) is 6.34. The third-order valence-corrected chi connectivity index (χ3v) is 4.19. The molecule has 1 atom stereocenters. The highest BCUT2D eigenvalue weighted by atomic mass is 32.2. The van der Waals surface area contributed by atoms with Crippen LogP contribution in [-0.4, -0.2) is 7.05 Å². The van der Waals surface area contributed by atoms with Crippen molar-refractivity contribution in [3.8, 4) is 0 Å². The van der Waals surface area contributed by atoms with E-state index in [4.69, 9.17) is 0 Å². The lowest BCUT2D eigenvalue weighted by molar-refractivity contribution is 0.617. The van der Waals surface area contributed by atoms with Gasteiger partial charge >= 0.3 is 0 Å². The molecule has 100 valence electrons. The van der Waals surface area contributed by atoms with Gasteiger partial charge in [-0.3, -0.25) is 0 Å². The van der Waals surface area contributed by atoms with Crippen LogP contribution in [0.3, 0.4) is 0 Å². The largest absolute Gasteiger partial charge is 0.313 e. The van der Waals surface area contributed by atoms with Crippen molar-refractivity contribution in [2.24, 2.45) is 0 Å². The van der Waals surface area contributed by atoms with Crippen LogP contribution in [0.1, 0.15) is 24.1 Å². The monoisotopic (exact) mass is 275 g/mol. The molecule has 0 heterocycles. The van der Waals surface area contributed by atoms with E-state index in [0.717, 1.165) is 5.56 Å². The van der Waals surface area contributed by atoms with Gasteiger partial charge in [0.25, 0.3) is 0 Å². The summed E-state index contributed by atoms with van der Waals surface area (Å²) >= 11 is 1.66. The molecule has 2 aromatic rings. The Bertz CT molecular complexity index is 542. The first-order chi connectivity index (χ1) is 9.20. The van der Waals surface area contributed by atoms with E-state index in [1.165, 1.54) is 16.5 Å². The molecule has 0 saturated heterocycles. The predicted molar refractivity (Wildman–Crippen MR) is 79.9 cm³/mol. The van der Waals surface area contributed by atoms with Gasteiger partial charge in [0.2, 0.25) is 0 Å². The third kappa shape index (κ3) is 3.82. The van der Waals surface area contributed by atoms with Crippen molar-refractivity contribution < 1.29 is 4.39 Å². The molecule has 0 fully saturated rings. The van der Waals surface area contributed by atoms with Crippen molar-refractivity contribution in [2.45, 2.75) is 23.6 Å². The number of benzene rings is 2. The van der Waals surface area contributed by atoms with E-state index in [-0.39, 0.29) is 5.82 Å². The molecule has 3 heteroatoms. The van der Waals surface area contributed by atoms with Crippen molar-refractivity contribution in [3.63, 3.8) is 0 Å². The second kappa shape index (κ2) is 6.73. The van der Waals surface area contributed by atoms with Crippen molar-refractivity contribution in [2.75, 3.05) is 7.05 Å². The minimum Gasteiger partial charge on any atom is -0.313 e.